The van der Waals surface area contributed by atoms with Gasteiger partial charge in [-0.2, -0.15) is 0 Å². The topological polar surface area (TPSA) is 41.6 Å². The monoisotopic (exact) mass is 372 g/mol. The van der Waals surface area contributed by atoms with Crippen LogP contribution in [0.15, 0.2) is 73.3 Å². The molecule has 4 heteroatoms. The molecule has 1 N–H and O–H groups in total. The minimum atomic E-state index is -0.298. The van der Waals surface area contributed by atoms with E-state index in [2.05, 4.69) is 37.0 Å². The summed E-state index contributed by atoms with van der Waals surface area (Å²) in [4.78, 5) is 15.2. The lowest BCUT2D eigenvalue weighted by molar-refractivity contribution is 0.0682. The van der Waals surface area contributed by atoms with Gasteiger partial charge in [0, 0.05) is 17.8 Å². The van der Waals surface area contributed by atoms with Crippen LogP contribution >= 0.6 is 0 Å². The fourth-order valence-corrected chi connectivity index (χ4v) is 3.82. The van der Waals surface area contributed by atoms with Crippen LogP contribution in [-0.4, -0.2) is 24.0 Å². The molecule has 0 saturated carbocycles. The standard InChI is InChI=1S/C24H24N2O2/c1-3-15-26-23(25-20-12-8-7-11-19(20)24(26)27)22-18-10-6-5-9-17(18)13-14-21(22)28-16-4-2/h4-14,23,25H,2-3,15-16H2,1H3. The van der Waals surface area contributed by atoms with Gasteiger partial charge in [-0.05, 0) is 35.4 Å². The predicted molar refractivity (Wildman–Crippen MR) is 114 cm³/mol. The van der Waals surface area contributed by atoms with E-state index in [-0.39, 0.29) is 12.1 Å². The van der Waals surface area contributed by atoms with Gasteiger partial charge < -0.3 is 15.0 Å². The molecule has 0 aromatic heterocycles. The Hall–Kier alpha value is -3.27. The second-order valence-corrected chi connectivity index (χ2v) is 6.89. The molecule has 4 nitrogen and oxygen atoms in total. The number of rotatable bonds is 6. The smallest absolute Gasteiger partial charge is 0.257 e. The molecule has 142 valence electrons. The molecule has 1 unspecified atom stereocenters. The first-order chi connectivity index (χ1) is 13.7. The number of ether oxygens (including phenoxy) is 1. The second-order valence-electron chi connectivity index (χ2n) is 6.89. The Bertz CT molecular complexity index is 1030. The van der Waals surface area contributed by atoms with Gasteiger partial charge in [0.1, 0.15) is 18.5 Å². The molecule has 0 bridgehead atoms. The van der Waals surface area contributed by atoms with Crippen molar-refractivity contribution in [1.82, 2.24) is 4.90 Å². The van der Waals surface area contributed by atoms with E-state index in [4.69, 9.17) is 4.74 Å². The molecule has 1 heterocycles. The number of fused-ring (bicyclic) bond motifs is 2. The Kier molecular flexibility index (Phi) is 5.02. The summed E-state index contributed by atoms with van der Waals surface area (Å²) >= 11 is 0. The van der Waals surface area contributed by atoms with Crippen LogP contribution in [0.2, 0.25) is 0 Å². The molecule has 0 spiro atoms. The fraction of sp³-hybridized carbons (Fsp3) is 0.208. The van der Waals surface area contributed by atoms with Gasteiger partial charge in [-0.25, -0.2) is 0 Å². The highest BCUT2D eigenvalue weighted by Gasteiger charge is 2.34. The third kappa shape index (κ3) is 3.11. The van der Waals surface area contributed by atoms with Crippen LogP contribution in [0, 0.1) is 0 Å². The van der Waals surface area contributed by atoms with Gasteiger partial charge in [-0.3, -0.25) is 4.79 Å². The molecule has 1 aliphatic heterocycles. The summed E-state index contributed by atoms with van der Waals surface area (Å²) in [5, 5.41) is 5.78. The minimum absolute atomic E-state index is 0.0452. The Morgan fingerprint density at radius 1 is 1.11 bits per heavy atom. The fourth-order valence-electron chi connectivity index (χ4n) is 3.82. The number of carbonyl (C=O) groups is 1. The van der Waals surface area contributed by atoms with Gasteiger partial charge in [0.15, 0.2) is 0 Å². The zero-order valence-electron chi connectivity index (χ0n) is 16.0. The van der Waals surface area contributed by atoms with Crippen molar-refractivity contribution in [3.05, 3.63) is 84.4 Å². The Labute approximate surface area is 165 Å². The van der Waals surface area contributed by atoms with Crippen LogP contribution < -0.4 is 10.1 Å². The lowest BCUT2D eigenvalue weighted by Gasteiger charge is -2.39. The normalized spacial score (nSPS) is 15.8. The number of hydrogen-bond acceptors (Lipinski definition) is 3. The van der Waals surface area contributed by atoms with Crippen molar-refractivity contribution in [3.63, 3.8) is 0 Å². The van der Waals surface area contributed by atoms with Gasteiger partial charge in [-0.1, -0.05) is 62.0 Å². The molecule has 3 aromatic carbocycles. The summed E-state index contributed by atoms with van der Waals surface area (Å²) in [6.45, 7) is 6.92. The highest BCUT2D eigenvalue weighted by Crippen LogP contribution is 2.40. The minimum Gasteiger partial charge on any atom is -0.489 e. The average Bonchev–Trinajstić information content (AvgIpc) is 2.74. The summed E-state index contributed by atoms with van der Waals surface area (Å²) < 4.78 is 6.00. The number of anilines is 1. The van der Waals surface area contributed by atoms with Crippen LogP contribution in [0.25, 0.3) is 10.8 Å². The van der Waals surface area contributed by atoms with Crippen molar-refractivity contribution >= 4 is 22.4 Å². The van der Waals surface area contributed by atoms with E-state index in [1.54, 1.807) is 6.08 Å². The molecular weight excluding hydrogens is 348 g/mol. The summed E-state index contributed by atoms with van der Waals surface area (Å²) in [7, 11) is 0. The maximum atomic E-state index is 13.3. The molecule has 1 aliphatic rings. The third-order valence-corrected chi connectivity index (χ3v) is 5.05. The van der Waals surface area contributed by atoms with Gasteiger partial charge in [0.25, 0.3) is 5.91 Å². The molecule has 0 saturated heterocycles. The number of hydrogen-bond donors (Lipinski definition) is 1. The first kappa shape index (κ1) is 18.1. The Balaban J connectivity index is 1.91. The SMILES string of the molecule is C=CCOc1ccc2ccccc2c1C1Nc2ccccc2C(=O)N1CCC. The first-order valence-corrected chi connectivity index (χ1v) is 9.66. The van der Waals surface area contributed by atoms with Crippen molar-refractivity contribution in [2.45, 2.75) is 19.5 Å². The molecular formula is C24H24N2O2. The van der Waals surface area contributed by atoms with Crippen LogP contribution in [0.3, 0.4) is 0 Å². The summed E-state index contributed by atoms with van der Waals surface area (Å²) in [6.07, 6.45) is 2.31. The summed E-state index contributed by atoms with van der Waals surface area (Å²) in [5.41, 5.74) is 2.55. The van der Waals surface area contributed by atoms with Crippen molar-refractivity contribution in [2.24, 2.45) is 0 Å². The van der Waals surface area contributed by atoms with E-state index in [9.17, 15) is 4.79 Å². The molecule has 0 aliphatic carbocycles. The molecule has 1 amide bonds. The molecule has 0 fully saturated rings. The summed E-state index contributed by atoms with van der Waals surface area (Å²) in [5.74, 6) is 0.813. The Morgan fingerprint density at radius 2 is 1.89 bits per heavy atom. The molecule has 4 rings (SSSR count). The van der Waals surface area contributed by atoms with E-state index >= 15 is 0 Å². The number of benzene rings is 3. The highest BCUT2D eigenvalue weighted by atomic mass is 16.5. The van der Waals surface area contributed by atoms with Crippen molar-refractivity contribution in [1.29, 1.82) is 0 Å². The maximum Gasteiger partial charge on any atom is 0.257 e. The maximum absolute atomic E-state index is 13.3. The van der Waals surface area contributed by atoms with Crippen LogP contribution in [-0.2, 0) is 0 Å². The number of carbonyl (C=O) groups excluding carboxylic acids is 1. The quantitative estimate of drug-likeness (QED) is 0.591. The first-order valence-electron chi connectivity index (χ1n) is 9.66. The van der Waals surface area contributed by atoms with Crippen LogP contribution in [0.4, 0.5) is 5.69 Å². The average molecular weight is 372 g/mol. The third-order valence-electron chi connectivity index (χ3n) is 5.05. The van der Waals surface area contributed by atoms with Crippen LogP contribution in [0.1, 0.15) is 35.4 Å². The lowest BCUT2D eigenvalue weighted by Crippen LogP contribution is -2.43. The number of amides is 1. The molecule has 3 aromatic rings. The largest absolute Gasteiger partial charge is 0.489 e. The van der Waals surface area contributed by atoms with Gasteiger partial charge in [-0.15, -0.1) is 0 Å². The lowest BCUT2D eigenvalue weighted by atomic mass is 9.97. The number of nitrogens with one attached hydrogen (secondary N) is 1. The van der Waals surface area contributed by atoms with Gasteiger partial charge in [0.2, 0.25) is 0 Å². The van der Waals surface area contributed by atoms with E-state index in [1.807, 2.05) is 47.4 Å². The molecule has 1 atom stereocenters. The highest BCUT2D eigenvalue weighted by molar-refractivity contribution is 6.02. The van der Waals surface area contributed by atoms with Crippen molar-refractivity contribution in [3.8, 4) is 5.75 Å². The van der Waals surface area contributed by atoms with E-state index < -0.39 is 0 Å². The number of nitrogens with zero attached hydrogens (tertiary/aromatic N) is 1. The predicted octanol–water partition coefficient (Wildman–Crippen LogP) is 5.38. The zero-order valence-corrected chi connectivity index (χ0v) is 16.0. The molecule has 28 heavy (non-hydrogen) atoms. The van der Waals surface area contributed by atoms with E-state index in [1.165, 1.54) is 0 Å². The zero-order chi connectivity index (χ0) is 19.5. The van der Waals surface area contributed by atoms with E-state index in [0.717, 1.165) is 34.2 Å². The Morgan fingerprint density at radius 3 is 2.71 bits per heavy atom. The van der Waals surface area contributed by atoms with Gasteiger partial charge in [0.05, 0.1) is 5.56 Å². The van der Waals surface area contributed by atoms with E-state index in [0.29, 0.717) is 18.7 Å². The second kappa shape index (κ2) is 7.77. The van der Waals surface area contributed by atoms with Crippen LogP contribution in [0.5, 0.6) is 5.75 Å². The number of para-hydroxylation sites is 1. The molecule has 0 radical (unpaired) electrons. The van der Waals surface area contributed by atoms with Crippen molar-refractivity contribution < 1.29 is 9.53 Å². The summed E-state index contributed by atoms with van der Waals surface area (Å²) in [6, 6.07) is 19.9. The van der Waals surface area contributed by atoms with Gasteiger partial charge >= 0.3 is 0 Å². The van der Waals surface area contributed by atoms with Crippen molar-refractivity contribution in [2.75, 3.05) is 18.5 Å².